The van der Waals surface area contributed by atoms with Crippen LogP contribution in [0.2, 0.25) is 0 Å². The Morgan fingerprint density at radius 1 is 0.880 bits per heavy atom. The molecule has 0 saturated heterocycles. The highest BCUT2D eigenvalue weighted by molar-refractivity contribution is 5.99. The maximum atomic E-state index is 12.0. The first-order valence-corrected chi connectivity index (χ1v) is 7.50. The fourth-order valence-electron chi connectivity index (χ4n) is 2.02. The van der Waals surface area contributed by atoms with Crippen LogP contribution in [-0.4, -0.2) is 23.1 Å². The highest BCUT2D eigenvalue weighted by Gasteiger charge is 2.06. The summed E-state index contributed by atoms with van der Waals surface area (Å²) in [5.74, 6) is 1.29. The molecule has 0 bridgehead atoms. The summed E-state index contributed by atoms with van der Waals surface area (Å²) in [6.45, 7) is 0. The lowest BCUT2D eigenvalue weighted by molar-refractivity contribution is 0.262. The van der Waals surface area contributed by atoms with E-state index in [0.717, 1.165) is 0 Å². The first-order valence-electron chi connectivity index (χ1n) is 7.50. The second-order valence-electron chi connectivity index (χ2n) is 4.98. The van der Waals surface area contributed by atoms with Crippen LogP contribution in [0.3, 0.4) is 0 Å². The molecular weight excluding hydrogens is 320 g/mol. The minimum atomic E-state index is -0.409. The van der Waals surface area contributed by atoms with Gasteiger partial charge in [-0.25, -0.2) is 14.8 Å². The summed E-state index contributed by atoms with van der Waals surface area (Å²) in [5, 5.41) is 5.35. The smallest absolute Gasteiger partial charge is 0.323 e. The van der Waals surface area contributed by atoms with Crippen LogP contribution in [0.4, 0.5) is 16.2 Å². The van der Waals surface area contributed by atoms with Crippen molar-refractivity contribution in [3.8, 4) is 17.5 Å². The number of nitrogens with one attached hydrogen (secondary N) is 2. The summed E-state index contributed by atoms with van der Waals surface area (Å²) >= 11 is 0. The normalized spacial score (nSPS) is 9.96. The van der Waals surface area contributed by atoms with Crippen molar-refractivity contribution in [3.05, 3.63) is 67.0 Å². The number of aromatic nitrogens is 2. The molecule has 2 amide bonds. The standard InChI is InChI=1S/C18H16N4O3/c1-24-16-9-5-6-13(10-16)21-17(23)22-14-11-19-18(20-12-14)25-15-7-3-2-4-8-15/h2-12H,1H3,(H2,21,22,23). The molecule has 25 heavy (non-hydrogen) atoms. The maximum Gasteiger partial charge on any atom is 0.323 e. The zero-order valence-electron chi connectivity index (χ0n) is 13.5. The summed E-state index contributed by atoms with van der Waals surface area (Å²) in [5.41, 5.74) is 1.06. The van der Waals surface area contributed by atoms with E-state index in [0.29, 0.717) is 22.9 Å². The molecule has 2 aromatic carbocycles. The molecule has 0 aliphatic rings. The maximum absolute atomic E-state index is 12.0. The second-order valence-corrected chi connectivity index (χ2v) is 4.98. The Labute approximate surface area is 144 Å². The van der Waals surface area contributed by atoms with Crippen molar-refractivity contribution in [1.82, 2.24) is 9.97 Å². The van der Waals surface area contributed by atoms with Crippen LogP contribution in [0.15, 0.2) is 67.0 Å². The van der Waals surface area contributed by atoms with E-state index in [9.17, 15) is 4.79 Å². The molecule has 0 unspecified atom stereocenters. The first kappa shape index (κ1) is 16.3. The first-order chi connectivity index (χ1) is 12.2. The van der Waals surface area contributed by atoms with Crippen molar-refractivity contribution in [2.24, 2.45) is 0 Å². The number of hydrogen-bond acceptors (Lipinski definition) is 5. The minimum absolute atomic E-state index is 0.199. The fourth-order valence-corrected chi connectivity index (χ4v) is 2.02. The lowest BCUT2D eigenvalue weighted by Gasteiger charge is -2.09. The molecule has 0 saturated carbocycles. The fraction of sp³-hybridized carbons (Fsp3) is 0.0556. The van der Waals surface area contributed by atoms with Gasteiger partial charge in [-0.2, -0.15) is 0 Å². The Morgan fingerprint density at radius 2 is 1.56 bits per heavy atom. The average Bonchev–Trinajstić information content (AvgIpc) is 2.64. The molecule has 126 valence electrons. The zero-order valence-corrected chi connectivity index (χ0v) is 13.5. The van der Waals surface area contributed by atoms with Gasteiger partial charge in [0.15, 0.2) is 0 Å². The molecule has 1 heterocycles. The van der Waals surface area contributed by atoms with E-state index in [2.05, 4.69) is 20.6 Å². The van der Waals surface area contributed by atoms with E-state index in [1.54, 1.807) is 43.5 Å². The van der Waals surface area contributed by atoms with Gasteiger partial charge in [0.2, 0.25) is 0 Å². The molecule has 0 radical (unpaired) electrons. The summed E-state index contributed by atoms with van der Waals surface area (Å²) in [6.07, 6.45) is 2.94. The molecule has 0 aliphatic heterocycles. The molecule has 2 N–H and O–H groups in total. The molecule has 0 atom stereocenters. The van der Waals surface area contributed by atoms with Crippen molar-refractivity contribution in [1.29, 1.82) is 0 Å². The van der Waals surface area contributed by atoms with Crippen molar-refractivity contribution in [3.63, 3.8) is 0 Å². The molecule has 1 aromatic heterocycles. The Kier molecular flexibility index (Phi) is 5.06. The molecule has 0 aliphatic carbocycles. The highest BCUT2D eigenvalue weighted by atomic mass is 16.5. The van der Waals surface area contributed by atoms with Gasteiger partial charge < -0.3 is 20.1 Å². The Morgan fingerprint density at radius 3 is 2.28 bits per heavy atom. The van der Waals surface area contributed by atoms with E-state index in [4.69, 9.17) is 9.47 Å². The number of carbonyl (C=O) groups is 1. The number of urea groups is 1. The van der Waals surface area contributed by atoms with Crippen LogP contribution in [0.1, 0.15) is 0 Å². The lowest BCUT2D eigenvalue weighted by Crippen LogP contribution is -2.19. The van der Waals surface area contributed by atoms with E-state index >= 15 is 0 Å². The monoisotopic (exact) mass is 336 g/mol. The topological polar surface area (TPSA) is 85.4 Å². The van der Waals surface area contributed by atoms with E-state index in [1.165, 1.54) is 12.4 Å². The highest BCUT2D eigenvalue weighted by Crippen LogP contribution is 2.18. The van der Waals surface area contributed by atoms with Crippen molar-refractivity contribution < 1.29 is 14.3 Å². The average molecular weight is 336 g/mol. The molecule has 7 heteroatoms. The molecular formula is C18H16N4O3. The molecule has 0 spiro atoms. The lowest BCUT2D eigenvalue weighted by atomic mass is 10.3. The van der Waals surface area contributed by atoms with Crippen LogP contribution < -0.4 is 20.1 Å². The van der Waals surface area contributed by atoms with E-state index in [1.807, 2.05) is 18.2 Å². The van der Waals surface area contributed by atoms with Gasteiger partial charge in [0.05, 0.1) is 25.2 Å². The Hall–Kier alpha value is -3.61. The van der Waals surface area contributed by atoms with Gasteiger partial charge >= 0.3 is 12.0 Å². The van der Waals surface area contributed by atoms with Crippen LogP contribution in [0.25, 0.3) is 0 Å². The third-order valence-electron chi connectivity index (χ3n) is 3.17. The van der Waals surface area contributed by atoms with E-state index in [-0.39, 0.29) is 6.01 Å². The van der Waals surface area contributed by atoms with Crippen LogP contribution >= 0.6 is 0 Å². The second kappa shape index (κ2) is 7.78. The summed E-state index contributed by atoms with van der Waals surface area (Å²) in [4.78, 5) is 20.1. The van der Waals surface area contributed by atoms with Gasteiger partial charge in [-0.3, -0.25) is 0 Å². The van der Waals surface area contributed by atoms with Gasteiger partial charge in [0.25, 0.3) is 0 Å². The molecule has 0 fully saturated rings. The number of benzene rings is 2. The SMILES string of the molecule is COc1cccc(NC(=O)Nc2cnc(Oc3ccccc3)nc2)c1. The number of carbonyl (C=O) groups excluding carboxylic acids is 1. The summed E-state index contributed by atoms with van der Waals surface area (Å²) in [7, 11) is 1.57. The third-order valence-corrected chi connectivity index (χ3v) is 3.17. The molecule has 3 aromatic rings. The predicted molar refractivity (Wildman–Crippen MR) is 94.2 cm³/mol. The number of ether oxygens (including phenoxy) is 2. The van der Waals surface area contributed by atoms with Crippen LogP contribution in [-0.2, 0) is 0 Å². The van der Waals surface area contributed by atoms with Crippen molar-refractivity contribution in [2.75, 3.05) is 17.7 Å². The number of anilines is 2. The zero-order chi connectivity index (χ0) is 17.5. The summed E-state index contributed by atoms with van der Waals surface area (Å²) in [6, 6.07) is 16.1. The quantitative estimate of drug-likeness (QED) is 0.737. The van der Waals surface area contributed by atoms with Crippen LogP contribution in [0.5, 0.6) is 17.5 Å². The number of rotatable bonds is 5. The summed E-state index contributed by atoms with van der Waals surface area (Å²) < 4.78 is 10.6. The minimum Gasteiger partial charge on any atom is -0.497 e. The van der Waals surface area contributed by atoms with Crippen molar-refractivity contribution in [2.45, 2.75) is 0 Å². The Bertz CT molecular complexity index is 838. The number of nitrogens with zero attached hydrogens (tertiary/aromatic N) is 2. The third kappa shape index (κ3) is 4.68. The van der Waals surface area contributed by atoms with Gasteiger partial charge in [-0.1, -0.05) is 24.3 Å². The number of para-hydroxylation sites is 1. The van der Waals surface area contributed by atoms with Gasteiger partial charge in [-0.15, -0.1) is 0 Å². The Balaban J connectivity index is 1.58. The molecule has 3 rings (SSSR count). The van der Waals surface area contributed by atoms with Crippen molar-refractivity contribution >= 4 is 17.4 Å². The van der Waals surface area contributed by atoms with Gasteiger partial charge in [0.1, 0.15) is 11.5 Å². The number of amides is 2. The van der Waals surface area contributed by atoms with Gasteiger partial charge in [0, 0.05) is 11.8 Å². The molecule has 7 nitrogen and oxygen atoms in total. The van der Waals surface area contributed by atoms with Gasteiger partial charge in [-0.05, 0) is 24.3 Å². The number of hydrogen-bond donors (Lipinski definition) is 2. The largest absolute Gasteiger partial charge is 0.497 e. The van der Waals surface area contributed by atoms with Crippen LogP contribution in [0, 0.1) is 0 Å². The van der Waals surface area contributed by atoms with E-state index < -0.39 is 6.03 Å². The predicted octanol–water partition coefficient (Wildman–Crippen LogP) is 3.92. The number of methoxy groups -OCH3 is 1.